The molecule has 5 nitrogen and oxygen atoms in total. The molecule has 29 heavy (non-hydrogen) atoms. The molecule has 0 saturated carbocycles. The molecule has 0 aliphatic carbocycles. The van der Waals surface area contributed by atoms with Crippen LogP contribution in [0.15, 0.2) is 60.8 Å². The van der Waals surface area contributed by atoms with Gasteiger partial charge in [-0.3, -0.25) is 4.90 Å². The van der Waals surface area contributed by atoms with Gasteiger partial charge in [0, 0.05) is 31.5 Å². The van der Waals surface area contributed by atoms with Gasteiger partial charge in [0.05, 0.1) is 5.69 Å². The average molecular weight is 386 g/mol. The first-order chi connectivity index (χ1) is 14.0. The summed E-state index contributed by atoms with van der Waals surface area (Å²) in [5.41, 5.74) is 6.41. The molecule has 0 bridgehead atoms. The number of carbonyl (C=O) groups is 1. The third kappa shape index (κ3) is 4.09. The molecule has 5 heteroatoms. The van der Waals surface area contributed by atoms with Gasteiger partial charge in [-0.2, -0.15) is 0 Å². The van der Waals surface area contributed by atoms with Crippen LogP contribution in [0, 0.1) is 20.8 Å². The van der Waals surface area contributed by atoms with Gasteiger partial charge in [0.1, 0.15) is 0 Å². The van der Waals surface area contributed by atoms with Gasteiger partial charge in [-0.15, -0.1) is 0 Å². The van der Waals surface area contributed by atoms with Gasteiger partial charge in [0.15, 0.2) is 5.82 Å². The number of urea groups is 1. The Morgan fingerprint density at radius 1 is 1.00 bits per heavy atom. The number of benzene rings is 2. The molecule has 0 saturated heterocycles. The molecule has 0 spiro atoms. The van der Waals surface area contributed by atoms with Crippen LogP contribution in [-0.2, 0) is 6.54 Å². The number of aryl methyl sites for hydroxylation is 3. The van der Waals surface area contributed by atoms with Crippen LogP contribution in [0.1, 0.15) is 22.3 Å². The molecule has 0 fully saturated rings. The number of aromatic nitrogens is 1. The van der Waals surface area contributed by atoms with Crippen molar-refractivity contribution in [2.45, 2.75) is 27.3 Å². The number of fused-ring (bicyclic) bond motifs is 1. The van der Waals surface area contributed by atoms with Gasteiger partial charge >= 0.3 is 6.03 Å². The standard InChI is InChI=1S/C24H26N4O/c1-17-6-9-20(10-7-17)16-27-13-14-28(22-5-4-12-25-23(22)27)24(29)26-21-11-8-18(2)15-19(21)3/h4-12,15H,13-14,16H2,1-3H3,(H,26,29). The summed E-state index contributed by atoms with van der Waals surface area (Å²) in [6.45, 7) is 8.27. The van der Waals surface area contributed by atoms with Gasteiger partial charge in [-0.05, 0) is 50.1 Å². The topological polar surface area (TPSA) is 48.5 Å². The summed E-state index contributed by atoms with van der Waals surface area (Å²) in [4.78, 5) is 21.6. The van der Waals surface area contributed by atoms with Gasteiger partial charge in [0.2, 0.25) is 0 Å². The van der Waals surface area contributed by atoms with Gasteiger partial charge < -0.3 is 10.2 Å². The molecule has 0 unspecified atom stereocenters. The highest BCUT2D eigenvalue weighted by atomic mass is 16.2. The highest BCUT2D eigenvalue weighted by Crippen LogP contribution is 2.32. The van der Waals surface area contributed by atoms with Crippen LogP contribution in [0.2, 0.25) is 0 Å². The summed E-state index contributed by atoms with van der Waals surface area (Å²) in [5, 5.41) is 3.06. The van der Waals surface area contributed by atoms with Crippen molar-refractivity contribution in [2.24, 2.45) is 0 Å². The third-order valence-corrected chi connectivity index (χ3v) is 5.31. The minimum Gasteiger partial charge on any atom is -0.349 e. The number of nitrogens with zero attached hydrogens (tertiary/aromatic N) is 3. The summed E-state index contributed by atoms with van der Waals surface area (Å²) in [7, 11) is 0. The van der Waals surface area contributed by atoms with Crippen LogP contribution in [0.25, 0.3) is 0 Å². The van der Waals surface area contributed by atoms with E-state index in [9.17, 15) is 4.79 Å². The van der Waals surface area contributed by atoms with Crippen LogP contribution in [0.4, 0.5) is 22.0 Å². The van der Waals surface area contributed by atoms with E-state index in [1.54, 1.807) is 11.1 Å². The molecule has 0 radical (unpaired) electrons. The molecule has 2 aromatic carbocycles. The highest BCUT2D eigenvalue weighted by molar-refractivity contribution is 6.04. The Morgan fingerprint density at radius 3 is 2.52 bits per heavy atom. The molecule has 1 aromatic heterocycles. The van der Waals surface area contributed by atoms with Crippen molar-refractivity contribution < 1.29 is 4.79 Å². The van der Waals surface area contributed by atoms with Gasteiger partial charge in [-0.1, -0.05) is 47.5 Å². The van der Waals surface area contributed by atoms with E-state index in [0.717, 1.165) is 35.8 Å². The van der Waals surface area contributed by atoms with E-state index in [1.807, 2.05) is 38.1 Å². The number of pyridine rings is 1. The van der Waals surface area contributed by atoms with Crippen LogP contribution in [0.3, 0.4) is 0 Å². The summed E-state index contributed by atoms with van der Waals surface area (Å²) in [5.74, 6) is 0.843. The normalized spacial score (nSPS) is 13.2. The van der Waals surface area contributed by atoms with E-state index >= 15 is 0 Å². The molecular formula is C24H26N4O. The van der Waals surface area contributed by atoms with E-state index in [1.165, 1.54) is 16.7 Å². The fourth-order valence-electron chi connectivity index (χ4n) is 3.71. The average Bonchev–Trinajstić information content (AvgIpc) is 2.72. The minimum absolute atomic E-state index is 0.124. The smallest absolute Gasteiger partial charge is 0.326 e. The Labute approximate surface area is 172 Å². The van der Waals surface area contributed by atoms with Crippen LogP contribution in [0.5, 0.6) is 0 Å². The molecule has 4 rings (SSSR count). The summed E-state index contributed by atoms with van der Waals surface area (Å²) in [6.07, 6.45) is 1.78. The van der Waals surface area contributed by atoms with Crippen LogP contribution in [-0.4, -0.2) is 24.1 Å². The van der Waals surface area contributed by atoms with E-state index in [-0.39, 0.29) is 6.03 Å². The van der Waals surface area contributed by atoms with Crippen molar-refractivity contribution in [3.8, 4) is 0 Å². The summed E-state index contributed by atoms with van der Waals surface area (Å²) in [6, 6.07) is 18.3. The van der Waals surface area contributed by atoms with Crippen LogP contribution < -0.4 is 15.1 Å². The molecule has 1 aliphatic heterocycles. The fourth-order valence-corrected chi connectivity index (χ4v) is 3.71. The summed E-state index contributed by atoms with van der Waals surface area (Å²) < 4.78 is 0. The van der Waals surface area contributed by atoms with Gasteiger partial charge in [-0.25, -0.2) is 9.78 Å². The maximum atomic E-state index is 13.0. The summed E-state index contributed by atoms with van der Waals surface area (Å²) >= 11 is 0. The van der Waals surface area contributed by atoms with Crippen LogP contribution >= 0.6 is 0 Å². The number of hydrogen-bond acceptors (Lipinski definition) is 3. The predicted octanol–water partition coefficient (Wildman–Crippen LogP) is 5.07. The maximum Gasteiger partial charge on any atom is 0.326 e. The van der Waals surface area contributed by atoms with Crippen molar-refractivity contribution in [1.29, 1.82) is 0 Å². The molecule has 0 atom stereocenters. The van der Waals surface area contributed by atoms with Crippen molar-refractivity contribution in [3.63, 3.8) is 0 Å². The van der Waals surface area contributed by atoms with Crippen molar-refractivity contribution >= 4 is 23.2 Å². The number of hydrogen-bond donors (Lipinski definition) is 1. The van der Waals surface area contributed by atoms with E-state index < -0.39 is 0 Å². The van der Waals surface area contributed by atoms with Crippen molar-refractivity contribution in [2.75, 3.05) is 28.2 Å². The molecule has 2 heterocycles. The molecule has 2 amide bonds. The molecule has 3 aromatic rings. The Bertz CT molecular complexity index is 1030. The van der Waals surface area contributed by atoms with E-state index in [2.05, 4.69) is 52.5 Å². The zero-order valence-electron chi connectivity index (χ0n) is 17.1. The first-order valence-electron chi connectivity index (χ1n) is 9.92. The SMILES string of the molecule is Cc1ccc(CN2CCN(C(=O)Nc3ccc(C)cc3C)c3cccnc32)cc1. The number of anilines is 3. The third-order valence-electron chi connectivity index (χ3n) is 5.31. The maximum absolute atomic E-state index is 13.0. The molecule has 1 aliphatic rings. The highest BCUT2D eigenvalue weighted by Gasteiger charge is 2.28. The first kappa shape index (κ1) is 19.0. The van der Waals surface area contributed by atoms with E-state index in [0.29, 0.717) is 6.54 Å². The molecular weight excluding hydrogens is 360 g/mol. The Morgan fingerprint density at radius 2 is 1.76 bits per heavy atom. The minimum atomic E-state index is -0.124. The fraction of sp³-hybridized carbons (Fsp3) is 0.250. The lowest BCUT2D eigenvalue weighted by Crippen LogP contribution is -2.46. The lowest BCUT2D eigenvalue weighted by atomic mass is 10.1. The zero-order chi connectivity index (χ0) is 20.4. The zero-order valence-corrected chi connectivity index (χ0v) is 17.1. The Kier molecular flexibility index (Phi) is 5.21. The molecule has 1 N–H and O–H groups in total. The number of carbonyl (C=O) groups excluding carboxylic acids is 1. The second-order valence-corrected chi connectivity index (χ2v) is 7.65. The van der Waals surface area contributed by atoms with Crippen molar-refractivity contribution in [3.05, 3.63) is 83.0 Å². The number of nitrogens with one attached hydrogen (secondary N) is 1. The second-order valence-electron chi connectivity index (χ2n) is 7.65. The van der Waals surface area contributed by atoms with E-state index in [4.69, 9.17) is 0 Å². The largest absolute Gasteiger partial charge is 0.349 e. The number of rotatable bonds is 3. The quantitative estimate of drug-likeness (QED) is 0.684. The molecule has 148 valence electrons. The van der Waals surface area contributed by atoms with Gasteiger partial charge in [0.25, 0.3) is 0 Å². The first-order valence-corrected chi connectivity index (χ1v) is 9.92. The monoisotopic (exact) mass is 386 g/mol. The number of amides is 2. The lowest BCUT2D eigenvalue weighted by Gasteiger charge is -2.36. The Balaban J connectivity index is 1.56. The lowest BCUT2D eigenvalue weighted by molar-refractivity contribution is 0.256. The Hall–Kier alpha value is -3.34. The second kappa shape index (κ2) is 7.95. The van der Waals surface area contributed by atoms with Crippen molar-refractivity contribution in [1.82, 2.24) is 4.98 Å². The predicted molar refractivity (Wildman–Crippen MR) is 119 cm³/mol.